The summed E-state index contributed by atoms with van der Waals surface area (Å²) in [6.07, 6.45) is 6.33. The molecule has 0 spiro atoms. The number of nitrogens with zero attached hydrogens (tertiary/aromatic N) is 5. The Kier molecular flexibility index (Phi) is 6.28. The number of alkyl halides is 2. The van der Waals surface area contributed by atoms with E-state index >= 15 is 0 Å². The molecule has 1 amide bonds. The van der Waals surface area contributed by atoms with Gasteiger partial charge in [-0.2, -0.15) is 19.0 Å². The van der Waals surface area contributed by atoms with Crippen molar-refractivity contribution in [3.05, 3.63) is 54.6 Å². The third-order valence-electron chi connectivity index (χ3n) is 4.86. The molecule has 0 radical (unpaired) electrons. The van der Waals surface area contributed by atoms with Gasteiger partial charge in [0.2, 0.25) is 0 Å². The fraction of sp³-hybridized carbons (Fsp3) is 0.238. The number of amides is 1. The lowest BCUT2D eigenvalue weighted by Gasteiger charge is -2.13. The highest BCUT2D eigenvalue weighted by Gasteiger charge is 2.24. The van der Waals surface area contributed by atoms with Gasteiger partial charge in [0, 0.05) is 31.2 Å². The van der Waals surface area contributed by atoms with Crippen LogP contribution in [0, 0.1) is 0 Å². The van der Waals surface area contributed by atoms with Crippen molar-refractivity contribution in [3.8, 4) is 17.0 Å². The van der Waals surface area contributed by atoms with Crippen LogP contribution in [-0.4, -0.2) is 51.1 Å². The van der Waals surface area contributed by atoms with E-state index in [-0.39, 0.29) is 38.9 Å². The van der Waals surface area contributed by atoms with Crippen molar-refractivity contribution in [3.63, 3.8) is 0 Å². The van der Waals surface area contributed by atoms with E-state index in [4.69, 9.17) is 0 Å². The fourth-order valence-corrected chi connectivity index (χ4v) is 4.77. The molecule has 0 unspecified atom stereocenters. The van der Waals surface area contributed by atoms with E-state index in [0.717, 1.165) is 6.07 Å². The van der Waals surface area contributed by atoms with Gasteiger partial charge in [-0.25, -0.2) is 17.9 Å². The average Bonchev–Trinajstić information content (AvgIpc) is 3.36. The second-order valence-electron chi connectivity index (χ2n) is 7.32. The van der Waals surface area contributed by atoms with Crippen molar-refractivity contribution in [2.24, 2.45) is 7.05 Å². The van der Waals surface area contributed by atoms with Gasteiger partial charge in [-0.3, -0.25) is 9.48 Å². The molecular weight excluding hydrogens is 470 g/mol. The first-order chi connectivity index (χ1) is 16.2. The maximum absolute atomic E-state index is 13.1. The molecule has 0 aliphatic heterocycles. The molecule has 0 saturated carbocycles. The zero-order chi connectivity index (χ0) is 24.5. The van der Waals surface area contributed by atoms with Crippen molar-refractivity contribution in [2.75, 3.05) is 11.1 Å². The van der Waals surface area contributed by atoms with Gasteiger partial charge >= 0.3 is 6.61 Å². The molecule has 13 heteroatoms. The minimum atomic E-state index is -3.66. The number of halogens is 2. The van der Waals surface area contributed by atoms with E-state index in [9.17, 15) is 22.0 Å². The second-order valence-corrected chi connectivity index (χ2v) is 9.43. The summed E-state index contributed by atoms with van der Waals surface area (Å²) in [5, 5.41) is 11.0. The molecule has 10 nitrogen and oxygen atoms in total. The summed E-state index contributed by atoms with van der Waals surface area (Å²) in [5.74, 6) is -0.957. The van der Waals surface area contributed by atoms with E-state index in [1.165, 1.54) is 39.9 Å². The van der Waals surface area contributed by atoms with Crippen LogP contribution < -0.4 is 10.1 Å². The monoisotopic (exact) mass is 490 g/mol. The Morgan fingerprint density at radius 1 is 1.29 bits per heavy atom. The molecule has 0 fully saturated rings. The zero-order valence-electron chi connectivity index (χ0n) is 18.1. The molecule has 3 heterocycles. The van der Waals surface area contributed by atoms with Crippen molar-refractivity contribution < 1.29 is 26.7 Å². The van der Waals surface area contributed by atoms with Crippen molar-refractivity contribution >= 4 is 27.1 Å². The Balaban J connectivity index is 1.78. The molecule has 0 aliphatic rings. The van der Waals surface area contributed by atoms with Gasteiger partial charge in [-0.05, 0) is 30.7 Å². The lowest BCUT2D eigenvalue weighted by atomic mass is 10.1. The van der Waals surface area contributed by atoms with E-state index in [1.807, 2.05) is 0 Å². The number of hydrogen-bond acceptors (Lipinski definition) is 7. The number of rotatable bonds is 8. The first-order valence-electron chi connectivity index (χ1n) is 10.1. The number of carbonyl (C=O) groups excluding carboxylic acids is 1. The highest BCUT2D eigenvalue weighted by Crippen LogP contribution is 2.37. The quantitative estimate of drug-likeness (QED) is 0.403. The van der Waals surface area contributed by atoms with Gasteiger partial charge in [-0.15, -0.1) is 0 Å². The van der Waals surface area contributed by atoms with Gasteiger partial charge in [0.1, 0.15) is 17.0 Å². The molecule has 1 N–H and O–H groups in total. The molecule has 1 aromatic carbocycles. The first kappa shape index (κ1) is 23.3. The molecule has 0 saturated heterocycles. The molecule has 0 aliphatic carbocycles. The first-order valence-corrected chi connectivity index (χ1v) is 11.8. The van der Waals surface area contributed by atoms with Crippen LogP contribution in [0.2, 0.25) is 0 Å². The number of fused-ring (bicyclic) bond motifs is 1. The zero-order valence-corrected chi connectivity index (χ0v) is 19.0. The normalized spacial score (nSPS) is 11.8. The second kappa shape index (κ2) is 9.17. The number of aryl methyl sites for hydroxylation is 1. The number of anilines is 1. The SMILES string of the molecule is CCCS(=O)(=O)c1ccc(OC(F)F)c(-c2nn(C)cc2NC(=O)c2cnn3cccnc23)c1. The number of sulfone groups is 1. The third kappa shape index (κ3) is 4.59. The van der Waals surface area contributed by atoms with Crippen LogP contribution in [-0.2, 0) is 16.9 Å². The number of benzene rings is 1. The third-order valence-corrected chi connectivity index (χ3v) is 6.77. The summed E-state index contributed by atoms with van der Waals surface area (Å²) in [6.45, 7) is -1.43. The summed E-state index contributed by atoms with van der Waals surface area (Å²) < 4.78 is 58.7. The largest absolute Gasteiger partial charge is 0.434 e. The smallest absolute Gasteiger partial charge is 0.387 e. The standard InChI is InChI=1S/C21H20F2N6O4S/c1-3-9-34(31,32)13-5-6-17(33-21(22)23)14(10-13)18-16(12-28(2)27-18)26-20(30)15-11-25-29-8-4-7-24-19(15)29/h4-8,10-12,21H,3,9H2,1-2H3,(H,26,30). The fourth-order valence-electron chi connectivity index (χ4n) is 3.43. The van der Waals surface area contributed by atoms with Crippen LogP contribution in [0.3, 0.4) is 0 Å². The van der Waals surface area contributed by atoms with Crippen LogP contribution in [0.5, 0.6) is 5.75 Å². The summed E-state index contributed by atoms with van der Waals surface area (Å²) in [6, 6.07) is 5.24. The Hall–Kier alpha value is -3.87. The van der Waals surface area contributed by atoms with Gasteiger partial charge in [0.25, 0.3) is 5.91 Å². The van der Waals surface area contributed by atoms with Crippen LogP contribution in [0.1, 0.15) is 23.7 Å². The molecule has 0 bridgehead atoms. The topological polar surface area (TPSA) is 120 Å². The minimum Gasteiger partial charge on any atom is -0.434 e. The molecular formula is C21H20F2N6O4S. The maximum atomic E-state index is 13.1. The Bertz CT molecular complexity index is 1470. The number of aromatic nitrogens is 5. The molecule has 4 aromatic rings. The molecule has 34 heavy (non-hydrogen) atoms. The van der Waals surface area contributed by atoms with Crippen LogP contribution in [0.25, 0.3) is 16.9 Å². The minimum absolute atomic E-state index is 0.00799. The van der Waals surface area contributed by atoms with E-state index < -0.39 is 22.4 Å². The van der Waals surface area contributed by atoms with Gasteiger partial charge in [0.15, 0.2) is 15.5 Å². The van der Waals surface area contributed by atoms with Crippen molar-refractivity contribution in [2.45, 2.75) is 24.9 Å². The number of ether oxygens (including phenoxy) is 1. The highest BCUT2D eigenvalue weighted by molar-refractivity contribution is 7.91. The molecule has 3 aromatic heterocycles. The lowest BCUT2D eigenvalue weighted by Crippen LogP contribution is -2.13. The number of hydrogen-bond donors (Lipinski definition) is 1. The lowest BCUT2D eigenvalue weighted by molar-refractivity contribution is -0.0494. The van der Waals surface area contributed by atoms with Crippen molar-refractivity contribution in [1.82, 2.24) is 24.4 Å². The molecule has 178 valence electrons. The Labute approximate surface area is 193 Å². The summed E-state index contributed by atoms with van der Waals surface area (Å²) in [5.41, 5.74) is 0.710. The van der Waals surface area contributed by atoms with E-state index in [1.54, 1.807) is 26.2 Å². The number of nitrogens with one attached hydrogen (secondary N) is 1. The van der Waals surface area contributed by atoms with Gasteiger partial charge in [0.05, 0.1) is 22.5 Å². The Morgan fingerprint density at radius 2 is 2.09 bits per heavy atom. The van der Waals surface area contributed by atoms with Crippen LogP contribution in [0.15, 0.2) is 53.9 Å². The summed E-state index contributed by atoms with van der Waals surface area (Å²) in [7, 11) is -2.09. The number of carbonyl (C=O) groups is 1. The molecule has 4 rings (SSSR count). The predicted octanol–water partition coefficient (Wildman–Crippen LogP) is 3.17. The predicted molar refractivity (Wildman–Crippen MR) is 119 cm³/mol. The Morgan fingerprint density at radius 3 is 2.82 bits per heavy atom. The average molecular weight is 490 g/mol. The summed E-state index contributed by atoms with van der Waals surface area (Å²) in [4.78, 5) is 17.0. The molecule has 0 atom stereocenters. The van der Waals surface area contributed by atoms with E-state index in [0.29, 0.717) is 12.1 Å². The highest BCUT2D eigenvalue weighted by atomic mass is 32.2. The van der Waals surface area contributed by atoms with E-state index in [2.05, 4.69) is 25.2 Å². The van der Waals surface area contributed by atoms with Crippen LogP contribution in [0.4, 0.5) is 14.5 Å². The van der Waals surface area contributed by atoms with Gasteiger partial charge in [-0.1, -0.05) is 6.92 Å². The van der Waals surface area contributed by atoms with Crippen molar-refractivity contribution in [1.29, 1.82) is 0 Å². The van der Waals surface area contributed by atoms with Crippen LogP contribution >= 0.6 is 0 Å². The maximum Gasteiger partial charge on any atom is 0.387 e. The summed E-state index contributed by atoms with van der Waals surface area (Å²) >= 11 is 0. The van der Waals surface area contributed by atoms with Gasteiger partial charge < -0.3 is 10.1 Å².